The second-order valence-electron chi connectivity index (χ2n) is 6.12. The van der Waals surface area contributed by atoms with Gasteiger partial charge in [-0.3, -0.25) is 19.5 Å². The van der Waals surface area contributed by atoms with Gasteiger partial charge in [-0.15, -0.1) is 0 Å². The summed E-state index contributed by atoms with van der Waals surface area (Å²) in [5.74, 6) is -1.31. The van der Waals surface area contributed by atoms with Crippen molar-refractivity contribution in [2.45, 2.75) is 32.2 Å². The highest BCUT2D eigenvalue weighted by Crippen LogP contribution is 2.31. The molecule has 0 bridgehead atoms. The van der Waals surface area contributed by atoms with Crippen molar-refractivity contribution in [3.05, 3.63) is 30.1 Å². The van der Waals surface area contributed by atoms with Crippen LogP contribution in [-0.4, -0.2) is 63.7 Å². The number of pyridine rings is 1. The average molecular weight is 330 g/mol. The summed E-state index contributed by atoms with van der Waals surface area (Å²) in [5, 5.41) is 0. The first-order chi connectivity index (χ1) is 11.6. The minimum absolute atomic E-state index is 0.0907. The van der Waals surface area contributed by atoms with Gasteiger partial charge in [0.15, 0.2) is 0 Å². The zero-order valence-electron chi connectivity index (χ0n) is 13.9. The van der Waals surface area contributed by atoms with Crippen LogP contribution in [0.3, 0.4) is 0 Å². The zero-order chi connectivity index (χ0) is 17.1. The molecule has 0 N–H and O–H groups in total. The standard InChI is InChI=1S/C17H22N4O3/c1-2-19-10-11-21(16(23)15(19)22)17(24)20-9-4-3-7-14(20)13-6-5-8-18-12-13/h5-6,8,12,14H,2-4,7,9-11H2,1H3. The maximum Gasteiger partial charge on any atom is 0.327 e. The van der Waals surface area contributed by atoms with Crippen LogP contribution in [0, 0.1) is 0 Å². The number of urea groups is 1. The molecule has 1 aromatic heterocycles. The summed E-state index contributed by atoms with van der Waals surface area (Å²) in [6.45, 7) is 3.56. The Morgan fingerprint density at radius 3 is 2.75 bits per heavy atom. The molecule has 1 atom stereocenters. The molecule has 2 saturated heterocycles. The molecule has 2 aliphatic heterocycles. The summed E-state index contributed by atoms with van der Waals surface area (Å²) in [6, 6.07) is 3.34. The number of imide groups is 1. The van der Waals surface area contributed by atoms with Gasteiger partial charge < -0.3 is 9.80 Å². The number of hydrogen-bond acceptors (Lipinski definition) is 4. The molecule has 24 heavy (non-hydrogen) atoms. The fraction of sp³-hybridized carbons (Fsp3) is 0.529. The van der Waals surface area contributed by atoms with Gasteiger partial charge in [0.1, 0.15) is 0 Å². The van der Waals surface area contributed by atoms with E-state index in [0.717, 1.165) is 29.7 Å². The molecule has 0 aromatic carbocycles. The van der Waals surface area contributed by atoms with E-state index in [-0.39, 0.29) is 18.6 Å². The van der Waals surface area contributed by atoms with Gasteiger partial charge in [0.2, 0.25) is 0 Å². The molecule has 0 radical (unpaired) electrons. The largest absolute Gasteiger partial charge is 0.333 e. The number of rotatable bonds is 2. The normalized spacial score (nSPS) is 22.0. The van der Waals surface area contributed by atoms with Crippen molar-refractivity contribution < 1.29 is 14.4 Å². The Bertz CT molecular complexity index is 634. The quantitative estimate of drug-likeness (QED) is 0.769. The van der Waals surface area contributed by atoms with E-state index in [1.807, 2.05) is 19.1 Å². The van der Waals surface area contributed by atoms with Crippen LogP contribution >= 0.6 is 0 Å². The van der Waals surface area contributed by atoms with Crippen LogP contribution in [0.2, 0.25) is 0 Å². The van der Waals surface area contributed by atoms with Gasteiger partial charge in [-0.2, -0.15) is 0 Å². The highest BCUT2D eigenvalue weighted by atomic mass is 16.2. The van der Waals surface area contributed by atoms with E-state index in [4.69, 9.17) is 0 Å². The van der Waals surface area contributed by atoms with Crippen molar-refractivity contribution in [1.29, 1.82) is 0 Å². The van der Waals surface area contributed by atoms with E-state index < -0.39 is 11.8 Å². The lowest BCUT2D eigenvalue weighted by molar-refractivity contribution is -0.154. The SMILES string of the molecule is CCN1CCN(C(=O)N2CCCCC2c2cccnc2)C(=O)C1=O. The molecule has 0 spiro atoms. The number of nitrogens with zero attached hydrogens (tertiary/aromatic N) is 4. The molecule has 2 aliphatic rings. The number of hydrogen-bond donors (Lipinski definition) is 0. The predicted octanol–water partition coefficient (Wildman–Crippen LogP) is 1.42. The third-order valence-electron chi connectivity index (χ3n) is 4.74. The summed E-state index contributed by atoms with van der Waals surface area (Å²) in [7, 11) is 0. The van der Waals surface area contributed by atoms with E-state index in [9.17, 15) is 14.4 Å². The first-order valence-corrected chi connectivity index (χ1v) is 8.44. The first kappa shape index (κ1) is 16.4. The van der Waals surface area contributed by atoms with Gasteiger partial charge in [-0.1, -0.05) is 6.07 Å². The first-order valence-electron chi connectivity index (χ1n) is 8.44. The Kier molecular flexibility index (Phi) is 4.78. The van der Waals surface area contributed by atoms with E-state index in [1.54, 1.807) is 17.3 Å². The Hall–Kier alpha value is -2.44. The monoisotopic (exact) mass is 330 g/mol. The molecular formula is C17H22N4O3. The van der Waals surface area contributed by atoms with Gasteiger partial charge in [0.05, 0.1) is 6.04 Å². The lowest BCUT2D eigenvalue weighted by Gasteiger charge is -2.40. The third kappa shape index (κ3) is 2.98. The molecule has 7 heteroatoms. The van der Waals surface area contributed by atoms with Crippen LogP contribution in [0.4, 0.5) is 4.79 Å². The molecule has 3 rings (SSSR count). The molecule has 4 amide bonds. The van der Waals surface area contributed by atoms with Gasteiger partial charge in [0.25, 0.3) is 0 Å². The molecule has 1 unspecified atom stereocenters. The van der Waals surface area contributed by atoms with Crippen molar-refractivity contribution in [3.63, 3.8) is 0 Å². The molecule has 0 saturated carbocycles. The molecule has 2 fully saturated rings. The Labute approximate surface area is 141 Å². The summed E-state index contributed by atoms with van der Waals surface area (Å²) in [4.78, 5) is 45.7. The lowest BCUT2D eigenvalue weighted by atomic mass is 9.96. The number of amides is 4. The van der Waals surface area contributed by atoms with Crippen LogP contribution in [0.5, 0.6) is 0 Å². The second-order valence-corrected chi connectivity index (χ2v) is 6.12. The van der Waals surface area contributed by atoms with Gasteiger partial charge in [-0.05, 0) is 37.8 Å². The summed E-state index contributed by atoms with van der Waals surface area (Å²) >= 11 is 0. The maximum absolute atomic E-state index is 12.9. The third-order valence-corrected chi connectivity index (χ3v) is 4.74. The number of likely N-dealkylation sites (tertiary alicyclic amines) is 1. The number of aromatic nitrogens is 1. The highest BCUT2D eigenvalue weighted by Gasteiger charge is 2.39. The second kappa shape index (κ2) is 6.98. The van der Waals surface area contributed by atoms with Crippen LogP contribution in [0.1, 0.15) is 37.8 Å². The van der Waals surface area contributed by atoms with E-state index >= 15 is 0 Å². The van der Waals surface area contributed by atoms with Crippen molar-refractivity contribution in [3.8, 4) is 0 Å². The number of likely N-dealkylation sites (N-methyl/N-ethyl adjacent to an activating group) is 1. The Morgan fingerprint density at radius 1 is 1.21 bits per heavy atom. The fourth-order valence-electron chi connectivity index (χ4n) is 3.39. The predicted molar refractivity (Wildman–Crippen MR) is 86.9 cm³/mol. The van der Waals surface area contributed by atoms with Crippen LogP contribution in [0.25, 0.3) is 0 Å². The molecule has 128 valence electrons. The number of carbonyl (C=O) groups is 3. The van der Waals surface area contributed by atoms with E-state index in [2.05, 4.69) is 4.98 Å². The molecular weight excluding hydrogens is 308 g/mol. The van der Waals surface area contributed by atoms with Crippen LogP contribution in [-0.2, 0) is 9.59 Å². The number of piperidine rings is 1. The molecule has 1 aromatic rings. The van der Waals surface area contributed by atoms with Crippen molar-refractivity contribution in [2.75, 3.05) is 26.2 Å². The van der Waals surface area contributed by atoms with Crippen LogP contribution < -0.4 is 0 Å². The van der Waals surface area contributed by atoms with Gasteiger partial charge >= 0.3 is 17.8 Å². The minimum Gasteiger partial charge on any atom is -0.333 e. The van der Waals surface area contributed by atoms with E-state index in [1.165, 1.54) is 4.90 Å². The van der Waals surface area contributed by atoms with Gasteiger partial charge in [-0.25, -0.2) is 4.79 Å². The molecule has 7 nitrogen and oxygen atoms in total. The molecule has 0 aliphatic carbocycles. The van der Waals surface area contributed by atoms with Crippen LogP contribution in [0.15, 0.2) is 24.5 Å². The number of carbonyl (C=O) groups excluding carboxylic acids is 3. The summed E-state index contributed by atoms with van der Waals surface area (Å²) in [5.41, 5.74) is 0.969. The topological polar surface area (TPSA) is 73.8 Å². The Balaban J connectivity index is 1.80. The van der Waals surface area contributed by atoms with Crippen molar-refractivity contribution in [2.24, 2.45) is 0 Å². The fourth-order valence-corrected chi connectivity index (χ4v) is 3.39. The summed E-state index contributed by atoms with van der Waals surface area (Å²) in [6.07, 6.45) is 6.23. The van der Waals surface area contributed by atoms with Gasteiger partial charge in [0, 0.05) is 38.6 Å². The van der Waals surface area contributed by atoms with E-state index in [0.29, 0.717) is 19.6 Å². The average Bonchev–Trinajstić information content (AvgIpc) is 2.64. The summed E-state index contributed by atoms with van der Waals surface area (Å²) < 4.78 is 0. The smallest absolute Gasteiger partial charge is 0.327 e. The highest BCUT2D eigenvalue weighted by molar-refractivity contribution is 6.38. The molecule has 3 heterocycles. The Morgan fingerprint density at radius 2 is 2.04 bits per heavy atom. The number of piperazine rings is 1. The van der Waals surface area contributed by atoms with Crippen molar-refractivity contribution >= 4 is 17.8 Å². The lowest BCUT2D eigenvalue weighted by Crippen LogP contribution is -2.59. The maximum atomic E-state index is 12.9. The van der Waals surface area contributed by atoms with Crippen molar-refractivity contribution in [1.82, 2.24) is 19.7 Å². The minimum atomic E-state index is -0.719. The zero-order valence-corrected chi connectivity index (χ0v) is 13.9.